The predicted molar refractivity (Wildman–Crippen MR) is 353 cm³/mol. The van der Waals surface area contributed by atoms with E-state index in [2.05, 4.69) is 349 Å². The monoisotopic (exact) mass is 1080 g/mol. The molecule has 2 nitrogen and oxygen atoms in total. The summed E-state index contributed by atoms with van der Waals surface area (Å²) in [4.78, 5) is 0. The van der Waals surface area contributed by atoms with Crippen molar-refractivity contribution in [3.8, 4) is 33.6 Å². The summed E-state index contributed by atoms with van der Waals surface area (Å²) in [6, 6.07) is 127. The molecule has 15 rings (SSSR count). The van der Waals surface area contributed by atoms with Gasteiger partial charge in [0.1, 0.15) is 0 Å². The molecule has 2 aromatic heterocycles. The molecule has 0 amide bonds. The normalized spacial score (nSPS) is 11.9. The zero-order chi connectivity index (χ0) is 54.5. The minimum absolute atomic E-state index is 1.12. The first-order chi connectivity index (χ1) is 40.7. The van der Waals surface area contributed by atoms with Crippen LogP contribution in [0.4, 0.5) is 0 Å². The quantitative estimate of drug-likeness (QED) is 0.0852. The fraction of sp³-hybridized carbons (Fsp3) is 0. The Bertz CT molecular complexity index is 4620. The molecule has 0 bridgehead atoms. The van der Waals surface area contributed by atoms with E-state index in [1.807, 2.05) is 0 Å². The van der Waals surface area contributed by atoms with Gasteiger partial charge < -0.3 is 9.13 Å². The zero-order valence-corrected chi connectivity index (χ0v) is 47.2. The Hall–Kier alpha value is -10.1. The van der Waals surface area contributed by atoms with Gasteiger partial charge in [-0.1, -0.05) is 291 Å². The molecule has 0 aliphatic heterocycles. The molecule has 4 heteroatoms. The number of hydrogen-bond donors (Lipinski definition) is 0. The SMILES string of the molecule is c1ccc(-c2ccc([Si](c3ccccc3)(c3ccccc3)c3cccc(-n4c5ccc(-n6c7ccccc7c7cc([Si](c8ccccc8)(c8ccccc8)c8ccccc8)ccc76)cc5c5c(-c6ccccc6)cccc54)c3)cc2)cc1. The van der Waals surface area contributed by atoms with Crippen LogP contribution in [0.15, 0.2) is 340 Å². The Morgan fingerprint density at radius 3 is 1.12 bits per heavy atom. The van der Waals surface area contributed by atoms with Gasteiger partial charge >= 0.3 is 0 Å². The predicted octanol–water partition coefficient (Wildman–Crippen LogP) is 14.0. The number of benzene rings is 13. The molecule has 0 saturated heterocycles. The molecule has 0 aliphatic rings. The summed E-state index contributed by atoms with van der Waals surface area (Å²) in [6.45, 7) is 0. The highest BCUT2D eigenvalue weighted by Gasteiger charge is 2.43. The fourth-order valence-electron chi connectivity index (χ4n) is 13.7. The average Bonchev–Trinajstić information content (AvgIpc) is 3.86. The lowest BCUT2D eigenvalue weighted by atomic mass is 9.99. The summed E-state index contributed by atoms with van der Waals surface area (Å²) in [5, 5.41) is 15.7. The second-order valence-corrected chi connectivity index (χ2v) is 29.1. The minimum Gasteiger partial charge on any atom is -0.309 e. The van der Waals surface area contributed by atoms with Crippen molar-refractivity contribution >= 4 is 101 Å². The summed E-state index contributed by atoms with van der Waals surface area (Å²) >= 11 is 0. The van der Waals surface area contributed by atoms with E-state index in [4.69, 9.17) is 0 Å². The van der Waals surface area contributed by atoms with Crippen LogP contribution in [0.1, 0.15) is 0 Å². The number of fused-ring (bicyclic) bond motifs is 6. The molecule has 15 aromatic rings. The maximum absolute atomic E-state index is 2.95. The molecule has 0 spiro atoms. The van der Waals surface area contributed by atoms with Gasteiger partial charge in [-0.3, -0.25) is 0 Å². The Balaban J connectivity index is 0.959. The Kier molecular flexibility index (Phi) is 12.3. The van der Waals surface area contributed by atoms with Crippen molar-refractivity contribution in [1.82, 2.24) is 9.13 Å². The number of nitrogens with zero attached hydrogens (tertiary/aromatic N) is 2. The highest BCUT2D eigenvalue weighted by atomic mass is 28.3. The third-order valence-corrected chi connectivity index (χ3v) is 26.8. The first-order valence-corrected chi connectivity index (χ1v) is 32.4. The van der Waals surface area contributed by atoms with Crippen LogP contribution in [0.25, 0.3) is 77.2 Å². The van der Waals surface area contributed by atoms with Crippen LogP contribution < -0.4 is 41.5 Å². The molecule has 13 aromatic carbocycles. The number of para-hydroxylation sites is 1. The van der Waals surface area contributed by atoms with Gasteiger partial charge in [-0.2, -0.15) is 0 Å². The van der Waals surface area contributed by atoms with E-state index in [1.54, 1.807) is 0 Å². The molecule has 0 saturated carbocycles. The molecule has 0 unspecified atom stereocenters. The summed E-state index contributed by atoms with van der Waals surface area (Å²) in [7, 11) is -5.76. The van der Waals surface area contributed by atoms with Crippen molar-refractivity contribution in [2.75, 3.05) is 0 Å². The van der Waals surface area contributed by atoms with Crippen LogP contribution in [0.3, 0.4) is 0 Å². The first-order valence-electron chi connectivity index (χ1n) is 28.4. The van der Waals surface area contributed by atoms with E-state index in [9.17, 15) is 0 Å². The van der Waals surface area contributed by atoms with Crippen molar-refractivity contribution in [2.24, 2.45) is 0 Å². The number of hydrogen-bond acceptors (Lipinski definition) is 0. The topological polar surface area (TPSA) is 9.86 Å². The molecule has 386 valence electrons. The standard InChI is InChI=1S/C78H56N2Si2/c1-8-26-57(27-9-1)58-46-49-67(50-47-58)82(65-37-18-6-19-38-65,66-39-20-7-21-40-66)68-41-24-30-60(54-68)80-76-52-48-61(55-73(76)78-70(43-25-45-77(78)80)59-28-10-2-11-29-59)79-74-44-23-22-42-71(74)72-56-69(51-53-75(72)79)81(62-31-12-3-13-32-62,63-33-14-4-15-34-63)64-35-16-5-17-36-64/h1-56H. The van der Waals surface area contributed by atoms with Crippen molar-refractivity contribution in [1.29, 1.82) is 0 Å². The molecule has 2 heterocycles. The van der Waals surface area contributed by atoms with Crippen molar-refractivity contribution < 1.29 is 0 Å². The highest BCUT2D eigenvalue weighted by molar-refractivity contribution is 7.20. The maximum atomic E-state index is 2.53. The Morgan fingerprint density at radius 1 is 0.195 bits per heavy atom. The lowest BCUT2D eigenvalue weighted by Gasteiger charge is -2.35. The van der Waals surface area contributed by atoms with Crippen LogP contribution in [0.2, 0.25) is 0 Å². The van der Waals surface area contributed by atoms with Crippen molar-refractivity contribution in [3.05, 3.63) is 340 Å². The Labute approximate surface area is 480 Å². The third kappa shape index (κ3) is 7.90. The van der Waals surface area contributed by atoms with Crippen molar-refractivity contribution in [2.45, 2.75) is 0 Å². The third-order valence-electron chi connectivity index (χ3n) is 17.2. The molecular weight excluding hydrogens is 1020 g/mol. The minimum atomic E-state index is -2.95. The zero-order valence-electron chi connectivity index (χ0n) is 45.2. The second-order valence-electron chi connectivity index (χ2n) is 21.5. The van der Waals surface area contributed by atoms with E-state index in [-0.39, 0.29) is 0 Å². The summed E-state index contributed by atoms with van der Waals surface area (Å²) < 4.78 is 5.03. The van der Waals surface area contributed by atoms with Gasteiger partial charge in [-0.05, 0) is 112 Å². The van der Waals surface area contributed by atoms with E-state index >= 15 is 0 Å². The molecular formula is C78H56N2Si2. The Morgan fingerprint density at radius 2 is 0.561 bits per heavy atom. The van der Waals surface area contributed by atoms with E-state index in [0.717, 1.165) is 16.9 Å². The van der Waals surface area contributed by atoms with Gasteiger partial charge in [0.25, 0.3) is 0 Å². The van der Waals surface area contributed by atoms with Gasteiger partial charge in [-0.15, -0.1) is 0 Å². The molecule has 0 fully saturated rings. The fourth-order valence-corrected chi connectivity index (χ4v) is 23.2. The summed E-state index contributed by atoms with van der Waals surface area (Å²) in [6.07, 6.45) is 0. The second kappa shape index (κ2) is 20.5. The highest BCUT2D eigenvalue weighted by Crippen LogP contribution is 2.41. The smallest absolute Gasteiger partial charge is 0.179 e. The van der Waals surface area contributed by atoms with Crippen molar-refractivity contribution in [3.63, 3.8) is 0 Å². The van der Waals surface area contributed by atoms with E-state index < -0.39 is 16.1 Å². The number of aromatic nitrogens is 2. The summed E-state index contributed by atoms with van der Waals surface area (Å²) in [5.74, 6) is 0. The molecule has 0 atom stereocenters. The average molecular weight is 1080 g/mol. The first kappa shape index (κ1) is 49.0. The van der Waals surface area contributed by atoms with Crippen LogP contribution in [-0.2, 0) is 0 Å². The van der Waals surface area contributed by atoms with Crippen LogP contribution in [0.5, 0.6) is 0 Å². The van der Waals surface area contributed by atoms with Gasteiger partial charge in [-0.25, -0.2) is 0 Å². The van der Waals surface area contributed by atoms with E-state index in [0.29, 0.717) is 0 Å². The van der Waals surface area contributed by atoms with E-state index in [1.165, 1.54) is 102 Å². The number of rotatable bonds is 12. The summed E-state index contributed by atoms with van der Waals surface area (Å²) in [5.41, 5.74) is 11.8. The van der Waals surface area contributed by atoms with Crippen LogP contribution >= 0.6 is 0 Å². The van der Waals surface area contributed by atoms with Crippen LogP contribution in [0, 0.1) is 0 Å². The molecule has 82 heavy (non-hydrogen) atoms. The molecule has 0 aliphatic carbocycles. The van der Waals surface area contributed by atoms with Gasteiger partial charge in [0, 0.05) is 32.9 Å². The molecule has 0 radical (unpaired) electrons. The van der Waals surface area contributed by atoms with Crippen LogP contribution in [-0.4, -0.2) is 25.3 Å². The lowest BCUT2D eigenvalue weighted by Crippen LogP contribution is -2.74. The van der Waals surface area contributed by atoms with Gasteiger partial charge in [0.05, 0.1) is 22.1 Å². The van der Waals surface area contributed by atoms with Gasteiger partial charge in [0.15, 0.2) is 16.1 Å². The lowest BCUT2D eigenvalue weighted by molar-refractivity contribution is 1.17. The van der Waals surface area contributed by atoms with Gasteiger partial charge in [0.2, 0.25) is 0 Å². The largest absolute Gasteiger partial charge is 0.309 e. The maximum Gasteiger partial charge on any atom is 0.179 e. The molecule has 0 N–H and O–H groups in total.